The molecule has 0 amide bonds. The maximum absolute atomic E-state index is 12.5. The molecule has 0 aliphatic carbocycles. The predicted molar refractivity (Wildman–Crippen MR) is 128 cm³/mol. The first-order chi connectivity index (χ1) is 16.1. The molecule has 0 saturated heterocycles. The van der Waals surface area contributed by atoms with Crippen molar-refractivity contribution < 1.29 is 14.3 Å². The van der Waals surface area contributed by atoms with Crippen LogP contribution in [0.2, 0.25) is 0 Å². The van der Waals surface area contributed by atoms with Gasteiger partial charge in [0.15, 0.2) is 5.65 Å². The van der Waals surface area contributed by atoms with Crippen LogP contribution in [0.1, 0.15) is 12.0 Å². The quantitative estimate of drug-likeness (QED) is 0.270. The Kier molecular flexibility index (Phi) is 7.32. The molecule has 0 atom stereocenters. The molecule has 2 aromatic heterocycles. The molecule has 33 heavy (non-hydrogen) atoms. The van der Waals surface area contributed by atoms with Gasteiger partial charge in [0.05, 0.1) is 6.61 Å². The zero-order chi connectivity index (χ0) is 23.0. The molecule has 7 nitrogen and oxygen atoms in total. The third-order valence-corrected chi connectivity index (χ3v) is 5.17. The van der Waals surface area contributed by atoms with Gasteiger partial charge in [-0.3, -0.25) is 4.79 Å². The lowest BCUT2D eigenvalue weighted by Gasteiger charge is -2.10. The molecular formula is C26H28N4O3. The van der Waals surface area contributed by atoms with Crippen LogP contribution in [-0.4, -0.2) is 52.9 Å². The highest BCUT2D eigenvalue weighted by atomic mass is 16.5. The van der Waals surface area contributed by atoms with Crippen molar-refractivity contribution in [3.05, 3.63) is 78.5 Å². The van der Waals surface area contributed by atoms with E-state index in [2.05, 4.69) is 29.1 Å². The molecule has 170 valence electrons. The fourth-order valence-electron chi connectivity index (χ4n) is 3.52. The summed E-state index contributed by atoms with van der Waals surface area (Å²) in [7, 11) is 4.10. The van der Waals surface area contributed by atoms with E-state index in [0.717, 1.165) is 40.9 Å². The van der Waals surface area contributed by atoms with Crippen molar-refractivity contribution in [3.8, 4) is 17.0 Å². The number of carbonyl (C=O) groups is 1. The van der Waals surface area contributed by atoms with Gasteiger partial charge in [0.1, 0.15) is 24.6 Å². The van der Waals surface area contributed by atoms with Crippen LogP contribution in [-0.2, 0) is 22.7 Å². The maximum atomic E-state index is 12.5. The number of rotatable bonds is 10. The summed E-state index contributed by atoms with van der Waals surface area (Å²) in [6.07, 6.45) is 2.67. The van der Waals surface area contributed by atoms with E-state index in [1.807, 2.05) is 66.7 Å². The SMILES string of the molecule is CN(C)CCCOc1ccc(-c2nn(CC(=O)OCc3ccccc3)c3ncccc23)cc1. The van der Waals surface area contributed by atoms with Crippen LogP contribution in [0.5, 0.6) is 5.75 Å². The molecular weight excluding hydrogens is 416 g/mol. The Labute approximate surface area is 193 Å². The topological polar surface area (TPSA) is 69.5 Å². The third-order valence-electron chi connectivity index (χ3n) is 5.17. The van der Waals surface area contributed by atoms with Gasteiger partial charge >= 0.3 is 5.97 Å². The van der Waals surface area contributed by atoms with Gasteiger partial charge in [0.25, 0.3) is 0 Å². The normalized spacial score (nSPS) is 11.1. The molecule has 0 spiro atoms. The molecule has 4 rings (SSSR count). The third kappa shape index (κ3) is 5.96. The molecule has 0 saturated carbocycles. The number of pyridine rings is 1. The maximum Gasteiger partial charge on any atom is 0.328 e. The van der Waals surface area contributed by atoms with Gasteiger partial charge in [-0.05, 0) is 62.5 Å². The first-order valence-electron chi connectivity index (χ1n) is 11.0. The second kappa shape index (κ2) is 10.7. The van der Waals surface area contributed by atoms with Crippen molar-refractivity contribution in [2.24, 2.45) is 0 Å². The van der Waals surface area contributed by atoms with E-state index in [9.17, 15) is 4.79 Å². The standard InChI is InChI=1S/C26H28N4O3/c1-29(2)16-7-17-32-22-13-11-21(12-14-22)25-23-10-6-15-27-26(23)30(28-25)18-24(31)33-19-20-8-4-3-5-9-20/h3-6,8-15H,7,16-19H2,1-2H3. The molecule has 0 N–H and O–H groups in total. The highest BCUT2D eigenvalue weighted by molar-refractivity contribution is 5.91. The van der Waals surface area contributed by atoms with Crippen LogP contribution in [0.25, 0.3) is 22.3 Å². The second-order valence-electron chi connectivity index (χ2n) is 8.06. The van der Waals surface area contributed by atoms with Gasteiger partial charge in [-0.15, -0.1) is 0 Å². The summed E-state index contributed by atoms with van der Waals surface area (Å²) >= 11 is 0. The summed E-state index contributed by atoms with van der Waals surface area (Å²) < 4.78 is 12.9. The molecule has 0 aliphatic rings. The monoisotopic (exact) mass is 444 g/mol. The van der Waals surface area contributed by atoms with Gasteiger partial charge in [-0.2, -0.15) is 5.10 Å². The minimum atomic E-state index is -0.359. The van der Waals surface area contributed by atoms with E-state index in [1.165, 1.54) is 0 Å². The first-order valence-corrected chi connectivity index (χ1v) is 11.0. The Morgan fingerprint density at radius 3 is 2.55 bits per heavy atom. The molecule has 0 aliphatic heterocycles. The summed E-state index contributed by atoms with van der Waals surface area (Å²) in [6.45, 7) is 1.88. The summed E-state index contributed by atoms with van der Waals surface area (Å²) in [6, 6.07) is 21.3. The highest BCUT2D eigenvalue weighted by Gasteiger charge is 2.16. The smallest absolute Gasteiger partial charge is 0.328 e. The lowest BCUT2D eigenvalue weighted by atomic mass is 10.1. The zero-order valence-corrected chi connectivity index (χ0v) is 19.0. The van der Waals surface area contributed by atoms with Crippen LogP contribution < -0.4 is 4.74 Å². The summed E-state index contributed by atoms with van der Waals surface area (Å²) in [5, 5.41) is 5.57. The number of hydrogen-bond donors (Lipinski definition) is 0. The number of esters is 1. The van der Waals surface area contributed by atoms with Gasteiger partial charge in [-0.25, -0.2) is 9.67 Å². The molecule has 0 bridgehead atoms. The number of hydrogen-bond acceptors (Lipinski definition) is 6. The number of carbonyl (C=O) groups excluding carboxylic acids is 1. The molecule has 2 heterocycles. The molecule has 0 unspecified atom stereocenters. The Bertz CT molecular complexity index is 1190. The first kappa shape index (κ1) is 22.5. The van der Waals surface area contributed by atoms with Gasteiger partial charge in [-0.1, -0.05) is 30.3 Å². The number of ether oxygens (including phenoxy) is 2. The Hall–Kier alpha value is -3.71. The Morgan fingerprint density at radius 1 is 1.00 bits per heavy atom. The highest BCUT2D eigenvalue weighted by Crippen LogP contribution is 2.28. The van der Waals surface area contributed by atoms with E-state index in [0.29, 0.717) is 12.3 Å². The van der Waals surface area contributed by atoms with Crippen LogP contribution in [0.4, 0.5) is 0 Å². The van der Waals surface area contributed by atoms with Crippen molar-refractivity contribution in [2.75, 3.05) is 27.2 Å². The molecule has 0 fully saturated rings. The van der Waals surface area contributed by atoms with Crippen molar-refractivity contribution in [3.63, 3.8) is 0 Å². The van der Waals surface area contributed by atoms with Crippen molar-refractivity contribution in [2.45, 2.75) is 19.6 Å². The average Bonchev–Trinajstić information content (AvgIpc) is 3.20. The van der Waals surface area contributed by atoms with Crippen LogP contribution in [0, 0.1) is 0 Å². The minimum Gasteiger partial charge on any atom is -0.494 e. The van der Waals surface area contributed by atoms with Crippen molar-refractivity contribution in [1.82, 2.24) is 19.7 Å². The zero-order valence-electron chi connectivity index (χ0n) is 19.0. The summed E-state index contributed by atoms with van der Waals surface area (Å²) in [4.78, 5) is 19.0. The van der Waals surface area contributed by atoms with Crippen LogP contribution in [0.15, 0.2) is 72.9 Å². The lowest BCUT2D eigenvalue weighted by Crippen LogP contribution is -2.15. The lowest BCUT2D eigenvalue weighted by molar-refractivity contribution is -0.145. The fraction of sp³-hybridized carbons (Fsp3) is 0.269. The van der Waals surface area contributed by atoms with Crippen molar-refractivity contribution >= 4 is 17.0 Å². The molecule has 2 aromatic carbocycles. The van der Waals surface area contributed by atoms with E-state index in [1.54, 1.807) is 10.9 Å². The van der Waals surface area contributed by atoms with Gasteiger partial charge in [0.2, 0.25) is 0 Å². The number of aromatic nitrogens is 3. The van der Waals surface area contributed by atoms with Gasteiger partial charge < -0.3 is 14.4 Å². The predicted octanol–water partition coefficient (Wildman–Crippen LogP) is 4.17. The van der Waals surface area contributed by atoms with E-state index in [-0.39, 0.29) is 19.1 Å². The van der Waals surface area contributed by atoms with E-state index < -0.39 is 0 Å². The molecule has 7 heteroatoms. The Balaban J connectivity index is 1.46. The van der Waals surface area contributed by atoms with Crippen molar-refractivity contribution in [1.29, 1.82) is 0 Å². The van der Waals surface area contributed by atoms with E-state index in [4.69, 9.17) is 9.47 Å². The number of fused-ring (bicyclic) bond motifs is 1. The van der Waals surface area contributed by atoms with Crippen LogP contribution in [0.3, 0.4) is 0 Å². The minimum absolute atomic E-state index is 0.00653. The average molecular weight is 445 g/mol. The Morgan fingerprint density at radius 2 is 1.79 bits per heavy atom. The van der Waals surface area contributed by atoms with E-state index >= 15 is 0 Å². The van der Waals surface area contributed by atoms with Gasteiger partial charge in [0, 0.05) is 23.7 Å². The fourth-order valence-corrected chi connectivity index (χ4v) is 3.52. The summed E-state index contributed by atoms with van der Waals surface area (Å²) in [5.74, 6) is 0.464. The van der Waals surface area contributed by atoms with Crippen LogP contribution >= 0.6 is 0 Å². The molecule has 4 aromatic rings. The number of benzene rings is 2. The summed E-state index contributed by atoms with van der Waals surface area (Å²) in [5.41, 5.74) is 3.30. The second-order valence-corrected chi connectivity index (χ2v) is 8.06. The number of nitrogens with zero attached hydrogens (tertiary/aromatic N) is 4. The molecule has 0 radical (unpaired) electrons. The largest absolute Gasteiger partial charge is 0.494 e.